The third-order valence-electron chi connectivity index (χ3n) is 5.04. The van der Waals surface area contributed by atoms with Crippen LogP contribution in [-0.2, 0) is 4.74 Å². The quantitative estimate of drug-likeness (QED) is 0.503. The Morgan fingerprint density at radius 2 is 2.03 bits per heavy atom. The first-order valence-corrected chi connectivity index (χ1v) is 11.1. The molecule has 168 valence electrons. The van der Waals surface area contributed by atoms with Gasteiger partial charge in [0.2, 0.25) is 0 Å². The molecule has 1 aliphatic rings. The summed E-state index contributed by atoms with van der Waals surface area (Å²) in [7, 11) is 0. The van der Waals surface area contributed by atoms with Crippen molar-refractivity contribution in [1.82, 2.24) is 14.9 Å². The van der Waals surface area contributed by atoms with Crippen LogP contribution in [0.5, 0.6) is 5.75 Å². The van der Waals surface area contributed by atoms with Gasteiger partial charge >= 0.3 is 6.09 Å². The molecule has 1 unspecified atom stereocenters. The lowest BCUT2D eigenvalue weighted by atomic mass is 10.1. The Bertz CT molecular complexity index is 1180. The summed E-state index contributed by atoms with van der Waals surface area (Å²) in [6.07, 6.45) is 0.380. The molecule has 1 aliphatic heterocycles. The van der Waals surface area contributed by atoms with Crippen molar-refractivity contribution < 1.29 is 19.0 Å². The number of aromatic hydroxyl groups is 1. The zero-order valence-electron chi connectivity index (χ0n) is 18.0. The van der Waals surface area contributed by atoms with Crippen LogP contribution in [0, 0.1) is 5.82 Å². The molecule has 1 aromatic heterocycles. The van der Waals surface area contributed by atoms with E-state index in [0.717, 1.165) is 16.3 Å². The maximum Gasteiger partial charge on any atom is 0.410 e. The largest absolute Gasteiger partial charge is 0.507 e. The number of halogens is 2. The fourth-order valence-electron chi connectivity index (χ4n) is 3.58. The molecule has 0 radical (unpaired) electrons. The molecular formula is C23H24BrFN4O3. The van der Waals surface area contributed by atoms with Crippen molar-refractivity contribution in [1.29, 1.82) is 0 Å². The number of likely N-dealkylation sites (tertiary alicyclic amines) is 1. The van der Waals surface area contributed by atoms with Gasteiger partial charge in [0.15, 0.2) is 5.82 Å². The smallest absolute Gasteiger partial charge is 0.410 e. The molecule has 0 spiro atoms. The number of phenols is 1. The molecule has 32 heavy (non-hydrogen) atoms. The van der Waals surface area contributed by atoms with Crippen molar-refractivity contribution >= 4 is 38.7 Å². The molecule has 1 atom stereocenters. The lowest BCUT2D eigenvalue weighted by Crippen LogP contribution is -2.36. The average Bonchev–Trinajstić information content (AvgIpc) is 3.17. The molecule has 7 nitrogen and oxygen atoms in total. The SMILES string of the molecule is CC(C)(C)OC(=O)N1CCC(Nc2nc(-c3cc(F)ccc3O)nc3cc(Br)ccc23)C1. The van der Waals surface area contributed by atoms with E-state index >= 15 is 0 Å². The van der Waals surface area contributed by atoms with Gasteiger partial charge in [0.25, 0.3) is 0 Å². The third kappa shape index (κ3) is 4.93. The summed E-state index contributed by atoms with van der Waals surface area (Å²) >= 11 is 3.45. The van der Waals surface area contributed by atoms with Crippen molar-refractivity contribution in [2.75, 3.05) is 18.4 Å². The molecule has 0 saturated carbocycles. The summed E-state index contributed by atoms with van der Waals surface area (Å²) < 4.78 is 20.1. The number of aromatic nitrogens is 2. The molecule has 9 heteroatoms. The van der Waals surface area contributed by atoms with Gasteiger partial charge in [-0.2, -0.15) is 0 Å². The van der Waals surface area contributed by atoms with Gasteiger partial charge in [0.05, 0.1) is 11.1 Å². The zero-order chi connectivity index (χ0) is 23.0. The van der Waals surface area contributed by atoms with E-state index in [9.17, 15) is 14.3 Å². The van der Waals surface area contributed by atoms with Gasteiger partial charge in [-0.1, -0.05) is 15.9 Å². The van der Waals surface area contributed by atoms with Gasteiger partial charge in [-0.3, -0.25) is 0 Å². The third-order valence-corrected chi connectivity index (χ3v) is 5.53. The fraction of sp³-hybridized carbons (Fsp3) is 0.348. The summed E-state index contributed by atoms with van der Waals surface area (Å²) in [5, 5.41) is 14.4. The van der Waals surface area contributed by atoms with Crippen molar-refractivity contribution in [3.05, 3.63) is 46.7 Å². The highest BCUT2D eigenvalue weighted by atomic mass is 79.9. The monoisotopic (exact) mass is 502 g/mol. The Labute approximate surface area is 193 Å². The van der Waals surface area contributed by atoms with Crippen molar-refractivity contribution in [2.45, 2.75) is 38.8 Å². The Balaban J connectivity index is 1.65. The maximum atomic E-state index is 13.8. The van der Waals surface area contributed by atoms with E-state index in [1.165, 1.54) is 18.2 Å². The lowest BCUT2D eigenvalue weighted by molar-refractivity contribution is 0.0293. The number of ether oxygens (including phenoxy) is 1. The topological polar surface area (TPSA) is 87.6 Å². The van der Waals surface area contributed by atoms with Gasteiger partial charge in [0.1, 0.15) is 23.0 Å². The number of carbonyl (C=O) groups is 1. The molecule has 1 fully saturated rings. The summed E-state index contributed by atoms with van der Waals surface area (Å²) in [5.41, 5.74) is 0.287. The Morgan fingerprint density at radius 3 is 2.78 bits per heavy atom. The molecule has 1 saturated heterocycles. The highest BCUT2D eigenvalue weighted by Crippen LogP contribution is 2.32. The standard InChI is InChI=1S/C23H24BrFN4O3/c1-23(2,3)32-22(31)29-9-8-15(12-29)26-20-16-6-4-13(24)10-18(16)27-21(28-20)17-11-14(25)5-7-19(17)30/h4-7,10-11,15,30H,8-9,12H2,1-3H3,(H,26,27,28). The van der Waals surface area contributed by atoms with Crippen LogP contribution in [0.2, 0.25) is 0 Å². The number of anilines is 1. The predicted molar refractivity (Wildman–Crippen MR) is 124 cm³/mol. The second-order valence-electron chi connectivity index (χ2n) is 8.78. The Kier molecular flexibility index (Phi) is 5.94. The van der Waals surface area contributed by atoms with E-state index in [-0.39, 0.29) is 29.3 Å². The van der Waals surface area contributed by atoms with Gasteiger partial charge in [-0.25, -0.2) is 19.2 Å². The summed E-state index contributed by atoms with van der Waals surface area (Å²) in [6, 6.07) is 9.23. The second kappa shape index (κ2) is 8.54. The molecule has 1 amide bonds. The number of hydrogen-bond acceptors (Lipinski definition) is 6. The first-order valence-electron chi connectivity index (χ1n) is 10.3. The lowest BCUT2D eigenvalue weighted by Gasteiger charge is -2.24. The number of benzene rings is 2. The summed E-state index contributed by atoms with van der Waals surface area (Å²) in [6.45, 7) is 6.55. The molecule has 0 aliphatic carbocycles. The molecule has 4 rings (SSSR count). The number of phenolic OH excluding ortho intramolecular Hbond substituents is 1. The minimum absolute atomic E-state index is 0.0433. The van der Waals surface area contributed by atoms with Crippen LogP contribution in [0.25, 0.3) is 22.3 Å². The van der Waals surface area contributed by atoms with E-state index in [4.69, 9.17) is 4.74 Å². The van der Waals surface area contributed by atoms with E-state index in [1.807, 2.05) is 39.0 Å². The highest BCUT2D eigenvalue weighted by molar-refractivity contribution is 9.10. The van der Waals surface area contributed by atoms with Crippen LogP contribution in [0.4, 0.5) is 15.0 Å². The maximum absolute atomic E-state index is 13.8. The van der Waals surface area contributed by atoms with Crippen LogP contribution < -0.4 is 5.32 Å². The van der Waals surface area contributed by atoms with E-state index in [1.54, 1.807) is 4.90 Å². The minimum atomic E-state index is -0.555. The van der Waals surface area contributed by atoms with Crippen molar-refractivity contribution in [3.8, 4) is 17.1 Å². The predicted octanol–water partition coefficient (Wildman–Crippen LogP) is 5.33. The molecule has 2 N–H and O–H groups in total. The molecule has 2 aromatic carbocycles. The number of hydrogen-bond donors (Lipinski definition) is 2. The number of fused-ring (bicyclic) bond motifs is 1. The van der Waals surface area contributed by atoms with E-state index < -0.39 is 11.4 Å². The highest BCUT2D eigenvalue weighted by Gasteiger charge is 2.30. The van der Waals surface area contributed by atoms with Crippen molar-refractivity contribution in [3.63, 3.8) is 0 Å². The number of amides is 1. The Hall–Kier alpha value is -2.94. The molecule has 3 aromatic rings. The minimum Gasteiger partial charge on any atom is -0.507 e. The molecule has 2 heterocycles. The zero-order valence-corrected chi connectivity index (χ0v) is 19.6. The normalized spacial score (nSPS) is 16.4. The van der Waals surface area contributed by atoms with Gasteiger partial charge in [-0.15, -0.1) is 0 Å². The van der Waals surface area contributed by atoms with Crippen LogP contribution in [0.3, 0.4) is 0 Å². The number of nitrogens with zero attached hydrogens (tertiary/aromatic N) is 3. The van der Waals surface area contributed by atoms with E-state index in [2.05, 4.69) is 31.2 Å². The van der Waals surface area contributed by atoms with Gasteiger partial charge in [-0.05, 0) is 63.6 Å². The van der Waals surface area contributed by atoms with Gasteiger partial charge in [0, 0.05) is 29.0 Å². The number of nitrogens with one attached hydrogen (secondary N) is 1. The average molecular weight is 503 g/mol. The summed E-state index contributed by atoms with van der Waals surface area (Å²) in [5.74, 6) is 0.159. The number of carbonyl (C=O) groups excluding carboxylic acids is 1. The second-order valence-corrected chi connectivity index (χ2v) is 9.69. The van der Waals surface area contributed by atoms with Gasteiger partial charge < -0.3 is 20.1 Å². The van der Waals surface area contributed by atoms with Crippen molar-refractivity contribution in [2.24, 2.45) is 0 Å². The summed E-state index contributed by atoms with van der Waals surface area (Å²) in [4.78, 5) is 23.2. The first-order chi connectivity index (χ1) is 15.1. The van der Waals surface area contributed by atoms with Crippen LogP contribution in [0.15, 0.2) is 40.9 Å². The van der Waals surface area contributed by atoms with Crippen LogP contribution in [0.1, 0.15) is 27.2 Å². The Morgan fingerprint density at radius 1 is 1.25 bits per heavy atom. The first kappa shape index (κ1) is 22.3. The van der Waals surface area contributed by atoms with E-state index in [0.29, 0.717) is 24.4 Å². The fourth-order valence-corrected chi connectivity index (χ4v) is 3.93. The number of rotatable bonds is 3. The van der Waals surface area contributed by atoms with Crippen LogP contribution >= 0.6 is 15.9 Å². The molecule has 0 bridgehead atoms. The van der Waals surface area contributed by atoms with Crippen LogP contribution in [-0.4, -0.2) is 50.8 Å². The molecular weight excluding hydrogens is 479 g/mol.